The van der Waals surface area contributed by atoms with Gasteiger partial charge in [0.25, 0.3) is 5.91 Å². The summed E-state index contributed by atoms with van der Waals surface area (Å²) in [6.07, 6.45) is 3.01. The zero-order chi connectivity index (χ0) is 17.0. The summed E-state index contributed by atoms with van der Waals surface area (Å²) in [5, 5.41) is 6.89. The molecular formula is C15H17ClN4O3. The van der Waals surface area contributed by atoms with Crippen molar-refractivity contribution in [1.82, 2.24) is 14.8 Å². The van der Waals surface area contributed by atoms with Gasteiger partial charge in [0, 0.05) is 0 Å². The van der Waals surface area contributed by atoms with Crippen LogP contribution in [-0.4, -0.2) is 26.6 Å². The lowest BCUT2D eigenvalue weighted by Gasteiger charge is -2.16. The Morgan fingerprint density at radius 2 is 2.09 bits per heavy atom. The first-order valence-electron chi connectivity index (χ1n) is 6.89. The van der Waals surface area contributed by atoms with E-state index in [-0.39, 0.29) is 23.5 Å². The number of hydrogen-bond donors (Lipinski definition) is 1. The van der Waals surface area contributed by atoms with E-state index in [9.17, 15) is 9.59 Å². The van der Waals surface area contributed by atoms with Crippen LogP contribution in [0.4, 0.5) is 5.69 Å². The summed E-state index contributed by atoms with van der Waals surface area (Å²) in [6, 6.07) is 4.77. The van der Waals surface area contributed by atoms with Gasteiger partial charge in [-0.05, 0) is 32.9 Å². The summed E-state index contributed by atoms with van der Waals surface area (Å²) in [6.45, 7) is 5.27. The van der Waals surface area contributed by atoms with E-state index in [0.29, 0.717) is 5.69 Å². The Morgan fingerprint density at radius 1 is 1.35 bits per heavy atom. The summed E-state index contributed by atoms with van der Waals surface area (Å²) in [7, 11) is 0. The Kier molecular flexibility index (Phi) is 5.00. The van der Waals surface area contributed by atoms with Crippen LogP contribution in [-0.2, 0) is 16.3 Å². The molecule has 2 aromatic rings. The zero-order valence-corrected chi connectivity index (χ0v) is 13.8. The Morgan fingerprint density at radius 3 is 2.74 bits per heavy atom. The van der Waals surface area contributed by atoms with Crippen molar-refractivity contribution in [3.63, 3.8) is 0 Å². The topological polar surface area (TPSA) is 86.1 Å². The summed E-state index contributed by atoms with van der Waals surface area (Å²) < 4.78 is 6.54. The maximum atomic E-state index is 12.0. The number of carbonyl (C=O) groups excluding carboxylic acids is 2. The molecule has 0 aliphatic rings. The number of esters is 1. The van der Waals surface area contributed by atoms with Gasteiger partial charge in [0.2, 0.25) is 0 Å². The monoisotopic (exact) mass is 336 g/mol. The molecule has 0 saturated carbocycles. The normalized spacial score (nSPS) is 11.1. The number of amides is 1. The van der Waals surface area contributed by atoms with Gasteiger partial charge in [-0.15, -0.1) is 0 Å². The zero-order valence-electron chi connectivity index (χ0n) is 13.0. The number of nitrogens with one attached hydrogen (secondary N) is 1. The maximum Gasteiger partial charge on any atom is 0.313 e. The maximum absolute atomic E-state index is 12.0. The summed E-state index contributed by atoms with van der Waals surface area (Å²) in [5.41, 5.74) is 0.0793. The highest BCUT2D eigenvalue weighted by molar-refractivity contribution is 6.29. The Balaban J connectivity index is 1.95. The minimum absolute atomic E-state index is 0.0264. The van der Waals surface area contributed by atoms with Crippen molar-refractivity contribution in [2.24, 2.45) is 5.41 Å². The van der Waals surface area contributed by atoms with Gasteiger partial charge in [0.15, 0.2) is 6.73 Å². The van der Waals surface area contributed by atoms with Crippen LogP contribution in [0.15, 0.2) is 30.6 Å². The molecule has 0 unspecified atom stereocenters. The van der Waals surface area contributed by atoms with Crippen molar-refractivity contribution in [3.05, 3.63) is 41.4 Å². The van der Waals surface area contributed by atoms with Crippen molar-refractivity contribution < 1.29 is 14.3 Å². The van der Waals surface area contributed by atoms with E-state index >= 15 is 0 Å². The quantitative estimate of drug-likeness (QED) is 0.685. The van der Waals surface area contributed by atoms with Crippen LogP contribution in [0.2, 0.25) is 5.15 Å². The molecule has 0 fully saturated rings. The largest absolute Gasteiger partial charge is 0.442 e. The second kappa shape index (κ2) is 6.78. The number of nitrogens with zero attached hydrogens (tertiary/aromatic N) is 3. The average Bonchev–Trinajstić information content (AvgIpc) is 2.91. The van der Waals surface area contributed by atoms with Crippen LogP contribution in [0.1, 0.15) is 31.3 Å². The highest BCUT2D eigenvalue weighted by Gasteiger charge is 2.23. The third-order valence-electron chi connectivity index (χ3n) is 2.78. The predicted octanol–water partition coefficient (Wildman–Crippen LogP) is 2.73. The van der Waals surface area contributed by atoms with Gasteiger partial charge < -0.3 is 10.1 Å². The van der Waals surface area contributed by atoms with E-state index in [2.05, 4.69) is 15.4 Å². The van der Waals surface area contributed by atoms with Crippen molar-refractivity contribution in [3.8, 4) is 0 Å². The molecule has 8 heteroatoms. The molecule has 2 aromatic heterocycles. The van der Waals surface area contributed by atoms with E-state index in [1.807, 2.05) is 0 Å². The molecular weight excluding hydrogens is 320 g/mol. The molecule has 0 spiro atoms. The van der Waals surface area contributed by atoms with E-state index in [1.54, 1.807) is 45.2 Å². The second-order valence-electron chi connectivity index (χ2n) is 5.88. The molecule has 1 amide bonds. The van der Waals surface area contributed by atoms with Crippen molar-refractivity contribution in [1.29, 1.82) is 0 Å². The lowest BCUT2D eigenvalue weighted by Crippen LogP contribution is -2.24. The third kappa shape index (κ3) is 4.79. The Bertz CT molecular complexity index is 722. The van der Waals surface area contributed by atoms with Crippen LogP contribution >= 0.6 is 11.6 Å². The molecule has 0 aliphatic heterocycles. The molecule has 0 aromatic carbocycles. The van der Waals surface area contributed by atoms with Gasteiger partial charge in [0.05, 0.1) is 23.5 Å². The smallest absolute Gasteiger partial charge is 0.313 e. The van der Waals surface area contributed by atoms with E-state index < -0.39 is 11.3 Å². The van der Waals surface area contributed by atoms with Gasteiger partial charge in [-0.25, -0.2) is 9.67 Å². The predicted molar refractivity (Wildman–Crippen MR) is 85.0 cm³/mol. The molecule has 122 valence electrons. The van der Waals surface area contributed by atoms with E-state index in [4.69, 9.17) is 16.3 Å². The van der Waals surface area contributed by atoms with Crippen LogP contribution < -0.4 is 5.32 Å². The van der Waals surface area contributed by atoms with Gasteiger partial charge in [-0.3, -0.25) is 9.59 Å². The number of halogens is 1. The van der Waals surface area contributed by atoms with Gasteiger partial charge >= 0.3 is 5.97 Å². The van der Waals surface area contributed by atoms with Crippen molar-refractivity contribution in [2.45, 2.75) is 27.5 Å². The van der Waals surface area contributed by atoms with E-state index in [0.717, 1.165) is 0 Å². The molecule has 0 radical (unpaired) electrons. The number of carbonyl (C=O) groups is 2. The van der Waals surface area contributed by atoms with Crippen molar-refractivity contribution >= 4 is 29.2 Å². The van der Waals surface area contributed by atoms with Crippen LogP contribution in [0.5, 0.6) is 0 Å². The molecule has 0 atom stereocenters. The van der Waals surface area contributed by atoms with Gasteiger partial charge in [-0.1, -0.05) is 17.7 Å². The standard InChI is InChI=1S/C15H17ClN4O3/c1-15(2,3)14(22)23-9-20-8-10(7-17-20)18-13(21)11-5-4-6-12(16)19-11/h4-8H,9H2,1-3H3,(H,18,21). The fraction of sp³-hybridized carbons (Fsp3) is 0.333. The van der Waals surface area contributed by atoms with Crippen LogP contribution in [0.25, 0.3) is 0 Å². The number of pyridine rings is 1. The lowest BCUT2D eigenvalue weighted by molar-refractivity contribution is -0.157. The first-order chi connectivity index (χ1) is 10.8. The fourth-order valence-electron chi connectivity index (χ4n) is 1.57. The molecule has 2 heterocycles. The molecule has 0 aliphatic carbocycles. The molecule has 0 saturated heterocycles. The van der Waals surface area contributed by atoms with Gasteiger partial charge in [-0.2, -0.15) is 5.10 Å². The summed E-state index contributed by atoms with van der Waals surface area (Å²) in [4.78, 5) is 27.6. The van der Waals surface area contributed by atoms with Crippen LogP contribution in [0.3, 0.4) is 0 Å². The third-order valence-corrected chi connectivity index (χ3v) is 2.99. The first-order valence-corrected chi connectivity index (χ1v) is 7.27. The van der Waals surface area contributed by atoms with Gasteiger partial charge in [0.1, 0.15) is 10.8 Å². The number of anilines is 1. The molecule has 0 bridgehead atoms. The highest BCUT2D eigenvalue weighted by atomic mass is 35.5. The summed E-state index contributed by atoms with van der Waals surface area (Å²) >= 11 is 5.75. The number of rotatable bonds is 4. The first kappa shape index (κ1) is 17.0. The molecule has 2 rings (SSSR count). The highest BCUT2D eigenvalue weighted by Crippen LogP contribution is 2.16. The second-order valence-corrected chi connectivity index (χ2v) is 6.27. The SMILES string of the molecule is CC(C)(C)C(=O)OCn1cc(NC(=O)c2cccc(Cl)n2)cn1. The Labute approximate surface area is 138 Å². The minimum Gasteiger partial charge on any atom is -0.442 e. The lowest BCUT2D eigenvalue weighted by atomic mass is 9.98. The summed E-state index contributed by atoms with van der Waals surface area (Å²) in [5.74, 6) is -0.736. The molecule has 7 nitrogen and oxygen atoms in total. The fourth-order valence-corrected chi connectivity index (χ4v) is 1.73. The van der Waals surface area contributed by atoms with E-state index in [1.165, 1.54) is 10.9 Å². The molecule has 23 heavy (non-hydrogen) atoms. The van der Waals surface area contributed by atoms with Crippen LogP contribution in [0, 0.1) is 5.41 Å². The molecule has 1 N–H and O–H groups in total. The Hall–Kier alpha value is -2.41. The number of hydrogen-bond acceptors (Lipinski definition) is 5. The number of ether oxygens (including phenoxy) is 1. The average molecular weight is 337 g/mol. The van der Waals surface area contributed by atoms with Crippen molar-refractivity contribution in [2.75, 3.05) is 5.32 Å². The number of aromatic nitrogens is 3. The minimum atomic E-state index is -0.581.